The van der Waals surface area contributed by atoms with E-state index in [2.05, 4.69) is 31.1 Å². The third kappa shape index (κ3) is 4.56. The first-order valence-electron chi connectivity index (χ1n) is 8.30. The van der Waals surface area contributed by atoms with Crippen LogP contribution in [-0.4, -0.2) is 40.1 Å². The number of aliphatic imine (C=N–C) groups is 1. The average Bonchev–Trinajstić information content (AvgIpc) is 3.10. The molecule has 1 amide bonds. The Balaban J connectivity index is 1.45. The van der Waals surface area contributed by atoms with Gasteiger partial charge in [0.25, 0.3) is 0 Å². The summed E-state index contributed by atoms with van der Waals surface area (Å²) in [6, 6.07) is 15.5. The zero-order chi connectivity index (χ0) is 18.2. The van der Waals surface area contributed by atoms with E-state index in [1.165, 1.54) is 0 Å². The first-order valence-corrected chi connectivity index (χ1v) is 8.30. The third-order valence-corrected chi connectivity index (χ3v) is 3.77. The summed E-state index contributed by atoms with van der Waals surface area (Å²) in [5.74, 6) is 1.18. The zero-order valence-electron chi connectivity index (χ0n) is 14.5. The molecule has 0 saturated carbocycles. The molecule has 3 rings (SSSR count). The van der Waals surface area contributed by atoms with Gasteiger partial charge in [-0.2, -0.15) is 0 Å². The molecule has 0 aliphatic rings. The van der Waals surface area contributed by atoms with E-state index in [0.29, 0.717) is 19.0 Å². The Morgan fingerprint density at radius 1 is 1.00 bits per heavy atom. The highest BCUT2D eigenvalue weighted by molar-refractivity contribution is 5.86. The van der Waals surface area contributed by atoms with Gasteiger partial charge in [-0.3, -0.25) is 14.2 Å². The molecule has 134 valence electrons. The van der Waals surface area contributed by atoms with Gasteiger partial charge in [-0.15, -0.1) is 10.2 Å². The molecule has 8 nitrogen and oxygen atoms in total. The number of carbonyl (C=O) groups excluding carboxylic acids is 1. The number of nitrogens with one attached hydrogen (secondary N) is 3. The molecule has 0 bridgehead atoms. The molecule has 0 spiro atoms. The molecule has 2 heterocycles. The summed E-state index contributed by atoms with van der Waals surface area (Å²) < 4.78 is 1.90. The van der Waals surface area contributed by atoms with Crippen molar-refractivity contribution in [2.45, 2.75) is 13.1 Å². The lowest BCUT2D eigenvalue weighted by atomic mass is 10.2. The van der Waals surface area contributed by atoms with Crippen molar-refractivity contribution in [1.29, 1.82) is 0 Å². The van der Waals surface area contributed by atoms with Crippen molar-refractivity contribution in [2.75, 3.05) is 13.6 Å². The number of guanidine groups is 1. The largest absolute Gasteiger partial charge is 0.350 e. The molecule has 0 atom stereocenters. The lowest BCUT2D eigenvalue weighted by Crippen LogP contribution is -2.42. The predicted octanol–water partition coefficient (Wildman–Crippen LogP) is 0.711. The van der Waals surface area contributed by atoms with Crippen LogP contribution in [0.5, 0.6) is 0 Å². The van der Waals surface area contributed by atoms with Gasteiger partial charge in [-0.1, -0.05) is 36.4 Å². The van der Waals surface area contributed by atoms with E-state index in [1.54, 1.807) is 7.05 Å². The maximum absolute atomic E-state index is 12.0. The van der Waals surface area contributed by atoms with Gasteiger partial charge in [-0.05, 0) is 17.7 Å². The number of aromatic nitrogens is 3. The SMILES string of the molecule is CN=C(NCC(=O)NCc1ccccc1)NCc1nnc2ccccn12. The standard InChI is InChI=1S/C18H21N7O/c1-19-18(21-12-16-24-23-15-9-5-6-10-25(15)16)22-13-17(26)20-11-14-7-3-2-4-8-14/h2-10H,11-13H2,1H3,(H,20,26)(H2,19,21,22). The molecule has 0 radical (unpaired) electrons. The monoisotopic (exact) mass is 351 g/mol. The highest BCUT2D eigenvalue weighted by Gasteiger charge is 2.07. The van der Waals surface area contributed by atoms with Crippen LogP contribution in [0.2, 0.25) is 0 Å². The maximum atomic E-state index is 12.0. The average molecular weight is 351 g/mol. The molecule has 0 fully saturated rings. The molecule has 2 aromatic heterocycles. The van der Waals surface area contributed by atoms with E-state index in [1.807, 2.05) is 59.1 Å². The Bertz CT molecular complexity index is 889. The molecule has 0 aliphatic carbocycles. The maximum Gasteiger partial charge on any atom is 0.239 e. The van der Waals surface area contributed by atoms with Gasteiger partial charge in [0.1, 0.15) is 0 Å². The molecule has 0 saturated heterocycles. The lowest BCUT2D eigenvalue weighted by Gasteiger charge is -2.11. The van der Waals surface area contributed by atoms with Crippen molar-refractivity contribution in [1.82, 2.24) is 30.5 Å². The smallest absolute Gasteiger partial charge is 0.239 e. The summed E-state index contributed by atoms with van der Waals surface area (Å²) >= 11 is 0. The van der Waals surface area contributed by atoms with Crippen molar-refractivity contribution in [3.05, 3.63) is 66.1 Å². The second kappa shape index (κ2) is 8.61. The lowest BCUT2D eigenvalue weighted by molar-refractivity contribution is -0.120. The quantitative estimate of drug-likeness (QED) is 0.449. The summed E-state index contributed by atoms with van der Waals surface area (Å²) in [7, 11) is 1.65. The Labute approximate surface area is 151 Å². The molecule has 8 heteroatoms. The van der Waals surface area contributed by atoms with Gasteiger partial charge in [-0.25, -0.2) is 0 Å². The second-order valence-corrected chi connectivity index (χ2v) is 5.59. The number of hydrogen-bond acceptors (Lipinski definition) is 4. The van der Waals surface area contributed by atoms with E-state index in [-0.39, 0.29) is 12.5 Å². The Morgan fingerprint density at radius 2 is 1.81 bits per heavy atom. The minimum Gasteiger partial charge on any atom is -0.350 e. The second-order valence-electron chi connectivity index (χ2n) is 5.59. The molecule has 3 N–H and O–H groups in total. The van der Waals surface area contributed by atoms with Crippen LogP contribution in [-0.2, 0) is 17.9 Å². The number of fused-ring (bicyclic) bond motifs is 1. The van der Waals surface area contributed by atoms with Crippen LogP contribution in [0, 0.1) is 0 Å². The van der Waals surface area contributed by atoms with E-state index >= 15 is 0 Å². The molecular weight excluding hydrogens is 330 g/mol. The molecular formula is C18H21N7O. The fourth-order valence-corrected chi connectivity index (χ4v) is 2.42. The van der Waals surface area contributed by atoms with Crippen LogP contribution >= 0.6 is 0 Å². The molecule has 26 heavy (non-hydrogen) atoms. The van der Waals surface area contributed by atoms with Crippen LogP contribution < -0.4 is 16.0 Å². The van der Waals surface area contributed by atoms with Gasteiger partial charge in [0, 0.05) is 19.8 Å². The van der Waals surface area contributed by atoms with Gasteiger partial charge in [0.2, 0.25) is 5.91 Å². The highest BCUT2D eigenvalue weighted by Crippen LogP contribution is 2.02. The summed E-state index contributed by atoms with van der Waals surface area (Å²) in [5.41, 5.74) is 1.84. The normalized spacial score (nSPS) is 11.3. The Morgan fingerprint density at radius 3 is 2.62 bits per heavy atom. The van der Waals surface area contributed by atoms with Gasteiger partial charge in [0.05, 0.1) is 13.1 Å². The zero-order valence-corrected chi connectivity index (χ0v) is 14.5. The minimum absolute atomic E-state index is 0.107. The van der Waals surface area contributed by atoms with Crippen LogP contribution in [0.4, 0.5) is 0 Å². The Hall–Kier alpha value is -3.42. The van der Waals surface area contributed by atoms with Crippen LogP contribution in [0.1, 0.15) is 11.4 Å². The van der Waals surface area contributed by atoms with E-state index in [4.69, 9.17) is 0 Å². The topological polar surface area (TPSA) is 95.7 Å². The van der Waals surface area contributed by atoms with Crippen molar-refractivity contribution in [2.24, 2.45) is 4.99 Å². The molecule has 0 aliphatic heterocycles. The summed E-state index contributed by atoms with van der Waals surface area (Å²) in [6.07, 6.45) is 1.90. The van der Waals surface area contributed by atoms with E-state index < -0.39 is 0 Å². The van der Waals surface area contributed by atoms with Crippen molar-refractivity contribution in [3.63, 3.8) is 0 Å². The summed E-state index contributed by atoms with van der Waals surface area (Å²) in [5, 5.41) is 17.2. The van der Waals surface area contributed by atoms with E-state index in [0.717, 1.165) is 17.0 Å². The van der Waals surface area contributed by atoms with Crippen molar-refractivity contribution >= 4 is 17.5 Å². The van der Waals surface area contributed by atoms with Crippen LogP contribution in [0.25, 0.3) is 5.65 Å². The fourth-order valence-electron chi connectivity index (χ4n) is 2.42. The van der Waals surface area contributed by atoms with Crippen molar-refractivity contribution < 1.29 is 4.79 Å². The van der Waals surface area contributed by atoms with Gasteiger partial charge >= 0.3 is 0 Å². The summed E-state index contributed by atoms with van der Waals surface area (Å²) in [6.45, 7) is 1.07. The van der Waals surface area contributed by atoms with E-state index in [9.17, 15) is 4.79 Å². The number of benzene rings is 1. The highest BCUT2D eigenvalue weighted by atomic mass is 16.1. The first kappa shape index (κ1) is 17.4. The number of nitrogens with zero attached hydrogens (tertiary/aromatic N) is 4. The number of pyridine rings is 1. The number of carbonyl (C=O) groups is 1. The molecule has 3 aromatic rings. The number of amides is 1. The minimum atomic E-state index is -0.107. The van der Waals surface area contributed by atoms with Crippen LogP contribution in [0.3, 0.4) is 0 Å². The van der Waals surface area contributed by atoms with Crippen molar-refractivity contribution in [3.8, 4) is 0 Å². The molecule has 1 aromatic carbocycles. The van der Waals surface area contributed by atoms with Gasteiger partial charge < -0.3 is 16.0 Å². The van der Waals surface area contributed by atoms with Crippen LogP contribution in [0.15, 0.2) is 59.7 Å². The number of rotatable bonds is 6. The first-order chi connectivity index (χ1) is 12.8. The third-order valence-electron chi connectivity index (χ3n) is 3.77. The predicted molar refractivity (Wildman–Crippen MR) is 99.5 cm³/mol. The Kier molecular flexibility index (Phi) is 5.76. The fraction of sp³-hybridized carbons (Fsp3) is 0.222. The number of hydrogen-bond donors (Lipinski definition) is 3. The van der Waals surface area contributed by atoms with Gasteiger partial charge in [0.15, 0.2) is 17.4 Å². The summed E-state index contributed by atoms with van der Waals surface area (Å²) in [4.78, 5) is 16.1. The molecule has 0 unspecified atom stereocenters.